The van der Waals surface area contributed by atoms with Crippen LogP contribution in [0.15, 0.2) is 42.5 Å². The van der Waals surface area contributed by atoms with Crippen LogP contribution in [0.1, 0.15) is 5.56 Å². The molecule has 70 valence electrons. The number of benzene rings is 2. The second kappa shape index (κ2) is 7.35. The molecule has 0 nitrogen and oxygen atoms in total. The van der Waals surface area contributed by atoms with Gasteiger partial charge in [-0.05, 0) is 23.3 Å². The van der Waals surface area contributed by atoms with Gasteiger partial charge in [-0.25, -0.2) is 0 Å². The molecule has 0 saturated carbocycles. The van der Waals surface area contributed by atoms with Crippen molar-refractivity contribution < 1.29 is 24.8 Å². The molecule has 0 aromatic heterocycles. The van der Waals surface area contributed by atoms with Gasteiger partial charge < -0.3 is 24.8 Å². The number of hydrogen-bond donors (Lipinski definition) is 0. The van der Waals surface area contributed by atoms with Gasteiger partial charge in [0.05, 0.1) is 0 Å². The average molecular weight is 237 g/mol. The van der Waals surface area contributed by atoms with Crippen LogP contribution in [-0.4, -0.2) is 23.1 Å². The van der Waals surface area contributed by atoms with Gasteiger partial charge in [-0.2, -0.15) is 0 Å². The van der Waals surface area contributed by atoms with Gasteiger partial charge in [0.25, 0.3) is 0 Å². The molecule has 0 aliphatic heterocycles. The SMILES string of the molecule is Cc1cccc2ccccc12.[Cl-].[Cl-].[Mg+2]. The minimum atomic E-state index is 0. The minimum Gasteiger partial charge on any atom is -1.00 e. The summed E-state index contributed by atoms with van der Waals surface area (Å²) in [7, 11) is 0. The molecule has 2 aromatic carbocycles. The van der Waals surface area contributed by atoms with Crippen LogP contribution in [-0.2, 0) is 0 Å². The molecule has 0 N–H and O–H groups in total. The molecule has 0 spiro atoms. The van der Waals surface area contributed by atoms with Crippen molar-refractivity contribution in [1.29, 1.82) is 0 Å². The maximum absolute atomic E-state index is 2.16. The standard InChI is InChI=1S/C11H10.2ClH.Mg/c1-9-5-4-7-10-6-2-3-8-11(9)10;;;/h2-8H,1H3;2*1H;/q;;;+2/p-2. The summed E-state index contributed by atoms with van der Waals surface area (Å²) in [6.07, 6.45) is 0. The molecule has 0 aliphatic carbocycles. The first-order chi connectivity index (χ1) is 5.38. The van der Waals surface area contributed by atoms with Crippen molar-refractivity contribution in [3.05, 3.63) is 48.0 Å². The summed E-state index contributed by atoms with van der Waals surface area (Å²) in [5.41, 5.74) is 1.35. The first-order valence-corrected chi connectivity index (χ1v) is 3.82. The van der Waals surface area contributed by atoms with Crippen LogP contribution in [0.3, 0.4) is 0 Å². The number of rotatable bonds is 0. The number of fused-ring (bicyclic) bond motifs is 1. The van der Waals surface area contributed by atoms with Gasteiger partial charge in [0.2, 0.25) is 0 Å². The summed E-state index contributed by atoms with van der Waals surface area (Å²) in [6.45, 7) is 2.14. The predicted molar refractivity (Wildman–Crippen MR) is 54.4 cm³/mol. The molecule has 2 rings (SSSR count). The van der Waals surface area contributed by atoms with Crippen LogP contribution >= 0.6 is 0 Å². The molecular weight excluding hydrogens is 227 g/mol. The second-order valence-corrected chi connectivity index (χ2v) is 2.80. The number of halogens is 2. The van der Waals surface area contributed by atoms with Gasteiger partial charge in [0, 0.05) is 0 Å². The Morgan fingerprint density at radius 2 is 1.36 bits per heavy atom. The maximum atomic E-state index is 2.16. The zero-order valence-electron chi connectivity index (χ0n) is 8.00. The van der Waals surface area contributed by atoms with Gasteiger partial charge in [-0.1, -0.05) is 42.5 Å². The molecule has 0 fully saturated rings. The fraction of sp³-hybridized carbons (Fsp3) is 0.0909. The van der Waals surface area contributed by atoms with Gasteiger partial charge in [0.1, 0.15) is 0 Å². The average Bonchev–Trinajstić information content (AvgIpc) is 2.06. The Hall–Kier alpha value is 0.0462. The summed E-state index contributed by atoms with van der Waals surface area (Å²) >= 11 is 0. The fourth-order valence-corrected chi connectivity index (χ4v) is 1.39. The molecule has 0 saturated heterocycles. The monoisotopic (exact) mass is 236 g/mol. The third-order valence-electron chi connectivity index (χ3n) is 2.01. The summed E-state index contributed by atoms with van der Waals surface area (Å²) in [4.78, 5) is 0. The molecular formula is C11H10Cl2Mg. The van der Waals surface area contributed by atoms with Crippen LogP contribution in [0, 0.1) is 6.92 Å². The van der Waals surface area contributed by atoms with E-state index in [1.54, 1.807) is 0 Å². The molecule has 0 unspecified atom stereocenters. The normalized spacial score (nSPS) is 8.07. The molecule has 2 aromatic rings. The van der Waals surface area contributed by atoms with E-state index < -0.39 is 0 Å². The third kappa shape index (κ3) is 3.32. The topological polar surface area (TPSA) is 0 Å². The van der Waals surface area contributed by atoms with E-state index >= 15 is 0 Å². The van der Waals surface area contributed by atoms with Crippen LogP contribution < -0.4 is 24.8 Å². The third-order valence-corrected chi connectivity index (χ3v) is 2.01. The van der Waals surface area contributed by atoms with E-state index in [2.05, 4.69) is 49.4 Å². The van der Waals surface area contributed by atoms with Gasteiger partial charge in [-0.3, -0.25) is 0 Å². The Labute approximate surface area is 113 Å². The van der Waals surface area contributed by atoms with Crippen molar-refractivity contribution in [2.45, 2.75) is 6.92 Å². The molecule has 0 bridgehead atoms. The van der Waals surface area contributed by atoms with E-state index in [4.69, 9.17) is 0 Å². The predicted octanol–water partition coefficient (Wildman–Crippen LogP) is -3.22. The van der Waals surface area contributed by atoms with Crippen LogP contribution in [0.4, 0.5) is 0 Å². The van der Waals surface area contributed by atoms with E-state index in [1.165, 1.54) is 16.3 Å². The summed E-state index contributed by atoms with van der Waals surface area (Å²) in [6, 6.07) is 14.8. The zero-order chi connectivity index (χ0) is 7.68. The molecule has 0 atom stereocenters. The van der Waals surface area contributed by atoms with E-state index in [0.717, 1.165) is 0 Å². The van der Waals surface area contributed by atoms with Gasteiger partial charge in [-0.15, -0.1) is 0 Å². The van der Waals surface area contributed by atoms with Gasteiger partial charge in [0.15, 0.2) is 0 Å². The van der Waals surface area contributed by atoms with E-state index in [1.807, 2.05) is 0 Å². The summed E-state index contributed by atoms with van der Waals surface area (Å²) < 4.78 is 0. The van der Waals surface area contributed by atoms with Crippen LogP contribution in [0.2, 0.25) is 0 Å². The first kappa shape index (κ1) is 16.5. The summed E-state index contributed by atoms with van der Waals surface area (Å²) in [5.74, 6) is 0. The fourth-order valence-electron chi connectivity index (χ4n) is 1.39. The Morgan fingerprint density at radius 3 is 2.00 bits per heavy atom. The van der Waals surface area contributed by atoms with Crippen molar-refractivity contribution in [2.24, 2.45) is 0 Å². The molecule has 0 heterocycles. The quantitative estimate of drug-likeness (QED) is 0.423. The molecule has 14 heavy (non-hydrogen) atoms. The van der Waals surface area contributed by atoms with E-state index in [9.17, 15) is 0 Å². The Bertz CT molecular complexity index is 382. The Kier molecular flexibility index (Phi) is 8.65. The number of aryl methyl sites for hydroxylation is 1. The Morgan fingerprint density at radius 1 is 0.786 bits per heavy atom. The molecule has 3 heteroatoms. The van der Waals surface area contributed by atoms with Crippen molar-refractivity contribution in [1.82, 2.24) is 0 Å². The summed E-state index contributed by atoms with van der Waals surface area (Å²) in [5, 5.41) is 2.68. The molecule has 0 amide bonds. The van der Waals surface area contributed by atoms with Crippen molar-refractivity contribution >= 4 is 33.8 Å². The smallest absolute Gasteiger partial charge is 1.00 e. The number of hydrogen-bond acceptors (Lipinski definition) is 0. The van der Waals surface area contributed by atoms with E-state index in [0.29, 0.717) is 0 Å². The first-order valence-electron chi connectivity index (χ1n) is 3.82. The van der Waals surface area contributed by atoms with Crippen LogP contribution in [0.25, 0.3) is 10.8 Å². The largest absolute Gasteiger partial charge is 2.00 e. The van der Waals surface area contributed by atoms with Crippen molar-refractivity contribution in [2.75, 3.05) is 0 Å². The second-order valence-electron chi connectivity index (χ2n) is 2.80. The Balaban J connectivity index is 0. The zero-order valence-corrected chi connectivity index (χ0v) is 10.9. The molecule has 0 radical (unpaired) electrons. The minimum absolute atomic E-state index is 0. The van der Waals surface area contributed by atoms with Crippen molar-refractivity contribution in [3.8, 4) is 0 Å². The maximum Gasteiger partial charge on any atom is 2.00 e. The van der Waals surface area contributed by atoms with Crippen LogP contribution in [0.5, 0.6) is 0 Å². The molecule has 0 aliphatic rings. The van der Waals surface area contributed by atoms with E-state index in [-0.39, 0.29) is 47.9 Å². The van der Waals surface area contributed by atoms with Gasteiger partial charge >= 0.3 is 23.1 Å². The van der Waals surface area contributed by atoms with Crippen molar-refractivity contribution in [3.63, 3.8) is 0 Å².